The molecule has 5 heteroatoms. The maximum absolute atomic E-state index is 12.1. The van der Waals surface area contributed by atoms with E-state index in [0.717, 1.165) is 40.0 Å². The number of nitrogens with one attached hydrogen (secondary N) is 2. The largest absolute Gasteiger partial charge is 0.439 e. The molecule has 4 aromatic rings. The minimum Gasteiger partial charge on any atom is -0.439 e. The highest BCUT2D eigenvalue weighted by molar-refractivity contribution is 6.00. The van der Waals surface area contributed by atoms with Gasteiger partial charge in [0.15, 0.2) is 0 Å². The van der Waals surface area contributed by atoms with Gasteiger partial charge in [-0.05, 0) is 24.3 Å². The van der Waals surface area contributed by atoms with E-state index >= 15 is 0 Å². The second-order valence-electron chi connectivity index (χ2n) is 6.52. The second-order valence-corrected chi connectivity index (χ2v) is 6.52. The minimum atomic E-state index is -0.0277. The summed E-state index contributed by atoms with van der Waals surface area (Å²) in [6.45, 7) is 0.661. The number of rotatable bonds is 3. The highest BCUT2D eigenvalue weighted by Gasteiger charge is 2.20. The van der Waals surface area contributed by atoms with Crippen LogP contribution in [0.3, 0.4) is 0 Å². The monoisotopic (exact) mass is 355 g/mol. The molecule has 5 nitrogen and oxygen atoms in total. The molecule has 5 rings (SSSR count). The van der Waals surface area contributed by atoms with Crippen molar-refractivity contribution in [2.75, 3.05) is 6.54 Å². The number of carbonyl (C=O) groups excluding carboxylic acids is 1. The van der Waals surface area contributed by atoms with E-state index in [0.29, 0.717) is 18.0 Å². The molecule has 0 aliphatic carbocycles. The summed E-state index contributed by atoms with van der Waals surface area (Å²) in [5, 5.41) is 3.90. The zero-order valence-electron chi connectivity index (χ0n) is 14.5. The lowest BCUT2D eigenvalue weighted by Gasteiger charge is -2.11. The van der Waals surface area contributed by atoms with Crippen molar-refractivity contribution in [2.45, 2.75) is 6.42 Å². The zero-order valence-corrected chi connectivity index (χ0v) is 14.5. The van der Waals surface area contributed by atoms with Crippen LogP contribution in [0.2, 0.25) is 0 Å². The van der Waals surface area contributed by atoms with Crippen LogP contribution >= 0.6 is 0 Å². The molecule has 0 radical (unpaired) electrons. The number of aromatic amines is 1. The van der Waals surface area contributed by atoms with Crippen molar-refractivity contribution in [3.8, 4) is 22.9 Å². The maximum atomic E-state index is 12.1. The number of hydrogen-bond donors (Lipinski definition) is 2. The highest BCUT2D eigenvalue weighted by Crippen LogP contribution is 2.31. The molecule has 1 aliphatic rings. The molecule has 2 N–H and O–H groups in total. The summed E-state index contributed by atoms with van der Waals surface area (Å²) in [5.74, 6) is 1.25. The van der Waals surface area contributed by atoms with Crippen molar-refractivity contribution >= 4 is 16.8 Å². The molecule has 2 aromatic heterocycles. The molecule has 27 heavy (non-hydrogen) atoms. The van der Waals surface area contributed by atoms with Crippen molar-refractivity contribution < 1.29 is 9.53 Å². The molecule has 1 aliphatic heterocycles. The van der Waals surface area contributed by atoms with Gasteiger partial charge in [-0.25, -0.2) is 4.98 Å². The van der Waals surface area contributed by atoms with E-state index in [1.165, 1.54) is 0 Å². The van der Waals surface area contributed by atoms with E-state index in [9.17, 15) is 4.79 Å². The van der Waals surface area contributed by atoms with E-state index in [-0.39, 0.29) is 5.91 Å². The first-order chi connectivity index (χ1) is 13.3. The van der Waals surface area contributed by atoms with E-state index in [4.69, 9.17) is 9.72 Å². The Morgan fingerprint density at radius 3 is 2.67 bits per heavy atom. The number of carbonyl (C=O) groups is 1. The van der Waals surface area contributed by atoms with Crippen LogP contribution in [-0.4, -0.2) is 22.4 Å². The summed E-state index contributed by atoms with van der Waals surface area (Å²) < 4.78 is 5.89. The first-order valence-electron chi connectivity index (χ1n) is 8.91. The van der Waals surface area contributed by atoms with Crippen molar-refractivity contribution in [1.82, 2.24) is 15.3 Å². The molecule has 0 saturated heterocycles. The van der Waals surface area contributed by atoms with E-state index in [1.807, 2.05) is 66.7 Å². The molecule has 0 atom stereocenters. The van der Waals surface area contributed by atoms with E-state index < -0.39 is 0 Å². The third kappa shape index (κ3) is 2.83. The number of fused-ring (bicyclic) bond motifs is 2. The topological polar surface area (TPSA) is 67.0 Å². The Labute approximate surface area is 156 Å². The predicted octanol–water partition coefficient (Wildman–Crippen LogP) is 4.31. The average molecular weight is 355 g/mol. The van der Waals surface area contributed by atoms with E-state index in [1.54, 1.807) is 0 Å². The zero-order chi connectivity index (χ0) is 18.2. The van der Waals surface area contributed by atoms with Gasteiger partial charge in [0.1, 0.15) is 5.75 Å². The Balaban J connectivity index is 1.60. The summed E-state index contributed by atoms with van der Waals surface area (Å²) in [6.07, 6.45) is 0.807. The van der Waals surface area contributed by atoms with Crippen LogP contribution in [0.1, 0.15) is 16.1 Å². The van der Waals surface area contributed by atoms with Gasteiger partial charge in [0, 0.05) is 41.4 Å². The van der Waals surface area contributed by atoms with Crippen molar-refractivity contribution in [2.24, 2.45) is 0 Å². The van der Waals surface area contributed by atoms with Crippen LogP contribution in [0.25, 0.3) is 22.2 Å². The Morgan fingerprint density at radius 1 is 0.926 bits per heavy atom. The minimum absolute atomic E-state index is 0.0277. The predicted molar refractivity (Wildman–Crippen MR) is 104 cm³/mol. The van der Waals surface area contributed by atoms with Gasteiger partial charge in [-0.2, -0.15) is 0 Å². The number of amides is 1. The van der Waals surface area contributed by atoms with Crippen molar-refractivity contribution in [3.05, 3.63) is 78.0 Å². The fourth-order valence-corrected chi connectivity index (χ4v) is 3.45. The SMILES string of the molecule is O=C1NCCc2[nH]c(-c3cccc4ccc(Oc5ccccc5)nc34)cc21. The van der Waals surface area contributed by atoms with Crippen LogP contribution in [0.4, 0.5) is 0 Å². The van der Waals surface area contributed by atoms with Crippen molar-refractivity contribution in [1.29, 1.82) is 0 Å². The molecule has 0 unspecified atom stereocenters. The molecular formula is C22H17N3O2. The summed E-state index contributed by atoms with van der Waals surface area (Å²) >= 11 is 0. The Hall–Kier alpha value is -3.60. The summed E-state index contributed by atoms with van der Waals surface area (Å²) in [6, 6.07) is 21.4. The summed E-state index contributed by atoms with van der Waals surface area (Å²) in [7, 11) is 0. The third-order valence-corrected chi connectivity index (χ3v) is 4.76. The van der Waals surface area contributed by atoms with Gasteiger partial charge in [-0.1, -0.05) is 36.4 Å². The van der Waals surface area contributed by atoms with E-state index in [2.05, 4.69) is 10.3 Å². The van der Waals surface area contributed by atoms with Crippen LogP contribution < -0.4 is 10.1 Å². The van der Waals surface area contributed by atoms with Gasteiger partial charge < -0.3 is 15.0 Å². The Kier molecular flexibility index (Phi) is 3.64. The van der Waals surface area contributed by atoms with Crippen LogP contribution in [0.15, 0.2) is 66.7 Å². The number of benzene rings is 2. The molecule has 1 amide bonds. The fraction of sp³-hybridized carbons (Fsp3) is 0.0909. The normalized spacial score (nSPS) is 13.3. The number of pyridine rings is 1. The first-order valence-corrected chi connectivity index (χ1v) is 8.91. The van der Waals surface area contributed by atoms with Gasteiger partial charge in [0.05, 0.1) is 11.1 Å². The number of H-pyrrole nitrogens is 1. The first kappa shape index (κ1) is 15.6. The molecule has 3 heterocycles. The standard InChI is InChI=1S/C22H17N3O2/c26-22-17-13-19(24-18(17)11-12-23-22)16-8-4-5-14-9-10-20(25-21(14)16)27-15-6-2-1-3-7-15/h1-10,13,24H,11-12H2,(H,23,26). The van der Waals surface area contributed by atoms with Gasteiger partial charge >= 0.3 is 0 Å². The van der Waals surface area contributed by atoms with Gasteiger partial charge in [0.2, 0.25) is 5.88 Å². The fourth-order valence-electron chi connectivity index (χ4n) is 3.45. The number of nitrogens with zero attached hydrogens (tertiary/aromatic N) is 1. The van der Waals surface area contributed by atoms with Gasteiger partial charge in [-0.15, -0.1) is 0 Å². The summed E-state index contributed by atoms with van der Waals surface area (Å²) in [4.78, 5) is 20.2. The average Bonchev–Trinajstić information content (AvgIpc) is 3.14. The second kappa shape index (κ2) is 6.29. The molecule has 0 bridgehead atoms. The summed E-state index contributed by atoms with van der Waals surface area (Å²) in [5.41, 5.74) is 4.37. The van der Waals surface area contributed by atoms with Crippen LogP contribution in [0, 0.1) is 0 Å². The van der Waals surface area contributed by atoms with Crippen molar-refractivity contribution in [3.63, 3.8) is 0 Å². The quantitative estimate of drug-likeness (QED) is 0.575. The molecule has 2 aromatic carbocycles. The smallest absolute Gasteiger partial charge is 0.253 e. The molecule has 0 fully saturated rings. The Bertz CT molecular complexity index is 1150. The van der Waals surface area contributed by atoms with Gasteiger partial charge in [0.25, 0.3) is 5.91 Å². The van der Waals surface area contributed by atoms with Crippen LogP contribution in [-0.2, 0) is 6.42 Å². The molecule has 0 spiro atoms. The van der Waals surface area contributed by atoms with Gasteiger partial charge in [-0.3, -0.25) is 4.79 Å². The lowest BCUT2D eigenvalue weighted by atomic mass is 10.1. The Morgan fingerprint density at radius 2 is 1.81 bits per heavy atom. The highest BCUT2D eigenvalue weighted by atomic mass is 16.5. The van der Waals surface area contributed by atoms with Crippen LogP contribution in [0.5, 0.6) is 11.6 Å². The lowest BCUT2D eigenvalue weighted by molar-refractivity contribution is 0.0946. The molecular weight excluding hydrogens is 338 g/mol. The number of ether oxygens (including phenoxy) is 1. The third-order valence-electron chi connectivity index (χ3n) is 4.76. The maximum Gasteiger partial charge on any atom is 0.253 e. The lowest BCUT2D eigenvalue weighted by Crippen LogP contribution is -2.31. The number of aromatic nitrogens is 2. The molecule has 132 valence electrons. The number of para-hydroxylation sites is 2. The molecule has 0 saturated carbocycles. The number of hydrogen-bond acceptors (Lipinski definition) is 3.